The average Bonchev–Trinajstić information content (AvgIpc) is 3.08. The van der Waals surface area contributed by atoms with Crippen molar-refractivity contribution < 1.29 is 23.1 Å². The van der Waals surface area contributed by atoms with Gasteiger partial charge < -0.3 is 14.7 Å². The first-order valence-corrected chi connectivity index (χ1v) is 17.1. The minimum Gasteiger partial charge on any atom is -0.488 e. The Hall–Kier alpha value is -4.18. The lowest BCUT2D eigenvalue weighted by molar-refractivity contribution is -0.134. The van der Waals surface area contributed by atoms with E-state index in [9.17, 15) is 18.3 Å². The molecule has 0 fully saturated rings. The van der Waals surface area contributed by atoms with E-state index in [1.54, 1.807) is 47.4 Å². The van der Waals surface area contributed by atoms with Gasteiger partial charge in [0.2, 0.25) is 5.91 Å². The second-order valence-corrected chi connectivity index (χ2v) is 14.1. The highest BCUT2D eigenvalue weighted by Gasteiger charge is 2.31. The van der Waals surface area contributed by atoms with Gasteiger partial charge in [-0.25, -0.2) is 8.42 Å². The molecule has 0 aromatic heterocycles. The van der Waals surface area contributed by atoms with Crippen LogP contribution in [0.4, 0.5) is 5.69 Å². The van der Waals surface area contributed by atoms with E-state index in [4.69, 9.17) is 4.74 Å². The summed E-state index contributed by atoms with van der Waals surface area (Å²) in [6.45, 7) is 7.36. The first kappa shape index (κ1) is 33.2. The summed E-state index contributed by atoms with van der Waals surface area (Å²) in [6.07, 6.45) is -0.259. The highest BCUT2D eigenvalue weighted by molar-refractivity contribution is 7.92. The minimum absolute atomic E-state index is 0.0167. The predicted octanol–water partition coefficient (Wildman–Crippen LogP) is 5.74. The van der Waals surface area contributed by atoms with Crippen LogP contribution < -0.4 is 9.46 Å². The van der Waals surface area contributed by atoms with E-state index in [2.05, 4.69) is 60.0 Å². The topological polar surface area (TPSA) is 99.2 Å². The van der Waals surface area contributed by atoms with Crippen LogP contribution in [0.5, 0.6) is 5.75 Å². The molecule has 0 unspecified atom stereocenters. The number of amides is 1. The molecule has 3 atom stereocenters. The van der Waals surface area contributed by atoms with Crippen LogP contribution in [0.15, 0.2) is 102 Å². The van der Waals surface area contributed by atoms with Crippen LogP contribution in [0.3, 0.4) is 0 Å². The Balaban J connectivity index is 1.37. The molecule has 0 bridgehead atoms. The van der Waals surface area contributed by atoms with Crippen LogP contribution >= 0.6 is 0 Å². The molecule has 242 valence electrons. The Labute approximate surface area is 272 Å². The molecular weight excluding hydrogens is 598 g/mol. The maximum absolute atomic E-state index is 13.6. The van der Waals surface area contributed by atoms with E-state index in [-0.39, 0.29) is 41.9 Å². The van der Waals surface area contributed by atoms with Crippen LogP contribution in [0.2, 0.25) is 0 Å². The smallest absolute Gasteiger partial charge is 0.261 e. The third-order valence-corrected chi connectivity index (χ3v) is 9.90. The van der Waals surface area contributed by atoms with E-state index >= 15 is 0 Å². The zero-order valence-corrected chi connectivity index (χ0v) is 27.7. The number of aliphatic hydroxyl groups is 1. The number of anilines is 1. The molecule has 0 saturated carbocycles. The van der Waals surface area contributed by atoms with Crippen molar-refractivity contribution in [2.75, 3.05) is 31.5 Å². The number of hydrogen-bond acceptors (Lipinski definition) is 6. The van der Waals surface area contributed by atoms with Crippen molar-refractivity contribution in [3.63, 3.8) is 0 Å². The summed E-state index contributed by atoms with van der Waals surface area (Å²) in [5, 5.41) is 9.97. The third-order valence-electron chi connectivity index (χ3n) is 8.51. The Bertz CT molecular complexity index is 1730. The van der Waals surface area contributed by atoms with Crippen molar-refractivity contribution in [1.82, 2.24) is 9.80 Å². The maximum Gasteiger partial charge on any atom is 0.261 e. The highest BCUT2D eigenvalue weighted by atomic mass is 32.2. The normalized spacial score (nSPS) is 17.8. The van der Waals surface area contributed by atoms with Crippen molar-refractivity contribution in [2.24, 2.45) is 5.92 Å². The van der Waals surface area contributed by atoms with Crippen molar-refractivity contribution in [2.45, 2.75) is 50.8 Å². The molecule has 46 heavy (non-hydrogen) atoms. The van der Waals surface area contributed by atoms with E-state index in [0.717, 1.165) is 5.56 Å². The van der Waals surface area contributed by atoms with Crippen LogP contribution in [-0.2, 0) is 27.8 Å². The number of aryl methyl sites for hydroxylation is 1. The Morgan fingerprint density at radius 1 is 0.978 bits per heavy atom. The van der Waals surface area contributed by atoms with Gasteiger partial charge in [0.15, 0.2) is 0 Å². The van der Waals surface area contributed by atoms with Crippen molar-refractivity contribution in [3.05, 3.63) is 114 Å². The van der Waals surface area contributed by atoms with Gasteiger partial charge in [0.05, 0.1) is 24.0 Å². The fraction of sp³-hybridized carbons (Fsp3) is 0.324. The van der Waals surface area contributed by atoms with Crippen LogP contribution in [0, 0.1) is 12.8 Å². The van der Waals surface area contributed by atoms with Gasteiger partial charge in [-0.1, -0.05) is 79.2 Å². The van der Waals surface area contributed by atoms with Gasteiger partial charge in [0.1, 0.15) is 11.9 Å². The molecule has 4 aromatic rings. The summed E-state index contributed by atoms with van der Waals surface area (Å²) >= 11 is 0. The molecule has 9 heteroatoms. The molecule has 0 spiro atoms. The van der Waals surface area contributed by atoms with Gasteiger partial charge in [-0.2, -0.15) is 0 Å². The number of sulfonamides is 1. The summed E-state index contributed by atoms with van der Waals surface area (Å²) in [5.41, 5.74) is 5.41. The largest absolute Gasteiger partial charge is 0.488 e. The van der Waals surface area contributed by atoms with Crippen LogP contribution in [0.1, 0.15) is 30.5 Å². The predicted molar refractivity (Wildman–Crippen MR) is 182 cm³/mol. The first-order chi connectivity index (χ1) is 22.0. The Morgan fingerprint density at radius 2 is 1.65 bits per heavy atom. The molecule has 0 radical (unpaired) electrons. The van der Waals surface area contributed by atoms with E-state index in [1.807, 2.05) is 32.0 Å². The SMILES string of the molecule is Cc1ccc(S(=O)(=O)Nc2ccc3c(c2)CC(=O)N([C@@H](C)CO)C[C@@H](C)[C@@H](CN(C)Cc2ccc(-c4ccccc4)cc2)O3)cc1. The number of benzene rings is 4. The monoisotopic (exact) mass is 641 g/mol. The van der Waals surface area contributed by atoms with Crippen molar-refractivity contribution >= 4 is 21.6 Å². The fourth-order valence-corrected chi connectivity index (χ4v) is 6.81. The number of nitrogens with one attached hydrogen (secondary N) is 1. The quantitative estimate of drug-likeness (QED) is 0.229. The maximum atomic E-state index is 13.6. The molecule has 2 N–H and O–H groups in total. The van der Waals surface area contributed by atoms with Gasteiger partial charge in [-0.05, 0) is 67.9 Å². The molecule has 8 nitrogen and oxygen atoms in total. The lowest BCUT2D eigenvalue weighted by atomic mass is 10.0. The number of likely N-dealkylation sites (N-methyl/N-ethyl adjacent to an activating group) is 1. The van der Waals surface area contributed by atoms with Crippen molar-refractivity contribution in [1.29, 1.82) is 0 Å². The van der Waals surface area contributed by atoms with Gasteiger partial charge in [0.25, 0.3) is 10.0 Å². The molecule has 1 heterocycles. The summed E-state index contributed by atoms with van der Waals surface area (Å²) in [4.78, 5) is 17.7. The zero-order valence-electron chi connectivity index (χ0n) is 26.9. The van der Waals surface area contributed by atoms with Gasteiger partial charge in [-0.3, -0.25) is 14.4 Å². The molecule has 1 aliphatic rings. The highest BCUT2D eigenvalue weighted by Crippen LogP contribution is 2.30. The average molecular weight is 642 g/mol. The van der Waals surface area contributed by atoms with Crippen molar-refractivity contribution in [3.8, 4) is 16.9 Å². The molecule has 4 aromatic carbocycles. The third kappa shape index (κ3) is 8.15. The second kappa shape index (κ2) is 14.5. The second-order valence-electron chi connectivity index (χ2n) is 12.4. The fourth-order valence-electron chi connectivity index (χ4n) is 5.76. The lowest BCUT2D eigenvalue weighted by Gasteiger charge is -2.34. The molecule has 1 aliphatic heterocycles. The Morgan fingerprint density at radius 3 is 2.33 bits per heavy atom. The summed E-state index contributed by atoms with van der Waals surface area (Å²) in [7, 11) is -1.78. The van der Waals surface area contributed by atoms with Gasteiger partial charge in [-0.15, -0.1) is 0 Å². The zero-order chi connectivity index (χ0) is 32.8. The Kier molecular flexibility index (Phi) is 10.5. The number of fused-ring (bicyclic) bond motifs is 1. The number of carbonyl (C=O) groups excluding carboxylic acids is 1. The molecule has 5 rings (SSSR count). The first-order valence-electron chi connectivity index (χ1n) is 15.6. The summed E-state index contributed by atoms with van der Waals surface area (Å²) in [6, 6.07) is 30.2. The number of nitrogens with zero attached hydrogens (tertiary/aromatic N) is 2. The number of hydrogen-bond donors (Lipinski definition) is 2. The summed E-state index contributed by atoms with van der Waals surface area (Å²) in [5.74, 6) is 0.346. The van der Waals surface area contributed by atoms with E-state index in [1.165, 1.54) is 16.7 Å². The number of aliphatic hydroxyl groups excluding tert-OH is 1. The molecule has 0 aliphatic carbocycles. The van der Waals surface area contributed by atoms with Crippen LogP contribution in [0.25, 0.3) is 11.1 Å². The molecule has 0 saturated heterocycles. The minimum atomic E-state index is -3.83. The van der Waals surface area contributed by atoms with Gasteiger partial charge in [0, 0.05) is 36.8 Å². The van der Waals surface area contributed by atoms with E-state index in [0.29, 0.717) is 36.6 Å². The standard InChI is InChI=1S/C37H43N3O5S/c1-26-10-17-34(18-11-26)46(43,44)38-33-16-19-35-32(20-33)21-37(42)40(28(3)25-41)22-27(2)36(45-35)24-39(4)23-29-12-14-31(15-13-29)30-8-6-5-7-9-30/h5-20,27-28,36,38,41H,21-25H2,1-4H3/t27-,28+,36-/m1/s1. The van der Waals surface area contributed by atoms with E-state index < -0.39 is 10.0 Å². The number of rotatable bonds is 10. The summed E-state index contributed by atoms with van der Waals surface area (Å²) < 4.78 is 35.5. The van der Waals surface area contributed by atoms with Crippen LogP contribution in [-0.4, -0.2) is 68.1 Å². The number of carbonyl (C=O) groups is 1. The lowest BCUT2D eigenvalue weighted by Crippen LogP contribution is -2.47. The molecular formula is C37H43N3O5S. The number of ether oxygens (including phenoxy) is 1. The van der Waals surface area contributed by atoms with Gasteiger partial charge >= 0.3 is 0 Å². The molecule has 1 amide bonds.